The van der Waals surface area contributed by atoms with Gasteiger partial charge in [0, 0.05) is 37.2 Å². The Morgan fingerprint density at radius 3 is 2.60 bits per heavy atom. The summed E-state index contributed by atoms with van der Waals surface area (Å²) in [6, 6.07) is 5.74. The van der Waals surface area contributed by atoms with Crippen LogP contribution in [-0.2, 0) is 0 Å². The highest BCUT2D eigenvalue weighted by atomic mass is 79.9. The van der Waals surface area contributed by atoms with E-state index in [9.17, 15) is 5.11 Å². The number of rotatable bonds is 5. The molecule has 1 aromatic rings. The van der Waals surface area contributed by atoms with Crippen molar-refractivity contribution in [2.75, 3.05) is 46.4 Å². The maximum absolute atomic E-state index is 10.1. The van der Waals surface area contributed by atoms with Crippen LogP contribution in [0, 0.1) is 0 Å². The van der Waals surface area contributed by atoms with Crippen LogP contribution >= 0.6 is 31.9 Å². The minimum absolute atomic E-state index is 0.312. The quantitative estimate of drug-likeness (QED) is 0.811. The molecule has 2 rings (SSSR count). The molecular weight excluding hydrogens is 388 g/mol. The van der Waals surface area contributed by atoms with Crippen molar-refractivity contribution in [3.63, 3.8) is 0 Å². The number of likely N-dealkylation sites (N-methyl/N-ethyl adjacent to an activating group) is 1. The van der Waals surface area contributed by atoms with Crippen LogP contribution in [0.5, 0.6) is 5.75 Å². The van der Waals surface area contributed by atoms with E-state index < -0.39 is 6.10 Å². The van der Waals surface area contributed by atoms with Crippen LogP contribution in [0.2, 0.25) is 0 Å². The van der Waals surface area contributed by atoms with Gasteiger partial charge in [-0.05, 0) is 41.2 Å². The minimum atomic E-state index is -0.464. The van der Waals surface area contributed by atoms with E-state index in [4.69, 9.17) is 4.74 Å². The molecule has 0 unspecified atom stereocenters. The second-order valence-corrected chi connectivity index (χ2v) is 6.91. The number of hydrogen-bond acceptors (Lipinski definition) is 4. The summed E-state index contributed by atoms with van der Waals surface area (Å²) in [6.07, 6.45) is -0.464. The lowest BCUT2D eigenvalue weighted by molar-refractivity contribution is 0.0503. The Morgan fingerprint density at radius 2 is 1.95 bits per heavy atom. The molecule has 0 spiro atoms. The van der Waals surface area contributed by atoms with Crippen molar-refractivity contribution >= 4 is 31.9 Å². The zero-order valence-corrected chi connectivity index (χ0v) is 14.7. The molecule has 1 saturated heterocycles. The molecule has 112 valence electrons. The zero-order valence-electron chi connectivity index (χ0n) is 11.6. The largest absolute Gasteiger partial charge is 0.490 e. The van der Waals surface area contributed by atoms with Crippen LogP contribution in [0.4, 0.5) is 0 Å². The average molecular weight is 408 g/mol. The van der Waals surface area contributed by atoms with Crippen LogP contribution in [0.3, 0.4) is 0 Å². The number of ether oxygens (including phenoxy) is 1. The Kier molecular flexibility index (Phi) is 6.29. The van der Waals surface area contributed by atoms with Crippen molar-refractivity contribution in [1.29, 1.82) is 0 Å². The van der Waals surface area contributed by atoms with Crippen LogP contribution in [-0.4, -0.2) is 67.4 Å². The van der Waals surface area contributed by atoms with Gasteiger partial charge in [0.25, 0.3) is 0 Å². The molecule has 4 nitrogen and oxygen atoms in total. The standard InChI is InChI=1S/C14H20Br2N2O2/c1-17-4-6-18(7-5-17)9-12(19)10-20-14-3-2-11(15)8-13(14)16/h2-3,8,12,19H,4-7,9-10H2,1H3/t12-/m1/s1. The Balaban J connectivity index is 1.76. The molecule has 1 N–H and O–H groups in total. The van der Waals surface area contributed by atoms with Gasteiger partial charge in [-0.1, -0.05) is 15.9 Å². The van der Waals surface area contributed by atoms with Gasteiger partial charge >= 0.3 is 0 Å². The molecule has 0 radical (unpaired) electrons. The number of benzene rings is 1. The van der Waals surface area contributed by atoms with Crippen molar-refractivity contribution in [2.24, 2.45) is 0 Å². The van der Waals surface area contributed by atoms with Crippen molar-refractivity contribution in [1.82, 2.24) is 9.80 Å². The first-order valence-corrected chi connectivity index (χ1v) is 8.30. The Hall–Kier alpha value is -0.140. The van der Waals surface area contributed by atoms with Crippen LogP contribution in [0.25, 0.3) is 0 Å². The fourth-order valence-corrected chi connectivity index (χ4v) is 3.32. The fraction of sp³-hybridized carbons (Fsp3) is 0.571. The highest BCUT2D eigenvalue weighted by Gasteiger charge is 2.17. The highest BCUT2D eigenvalue weighted by molar-refractivity contribution is 9.11. The second-order valence-electron chi connectivity index (χ2n) is 5.14. The molecule has 0 saturated carbocycles. The third-order valence-corrected chi connectivity index (χ3v) is 4.50. The summed E-state index contributed by atoms with van der Waals surface area (Å²) in [5, 5.41) is 10.1. The van der Waals surface area contributed by atoms with Crippen LogP contribution < -0.4 is 4.74 Å². The van der Waals surface area contributed by atoms with Crippen molar-refractivity contribution in [3.8, 4) is 5.75 Å². The number of piperazine rings is 1. The third kappa shape index (κ3) is 5.00. The summed E-state index contributed by atoms with van der Waals surface area (Å²) >= 11 is 6.85. The Morgan fingerprint density at radius 1 is 1.25 bits per heavy atom. The number of hydrogen-bond donors (Lipinski definition) is 1. The van der Waals surface area contributed by atoms with Crippen LogP contribution in [0.1, 0.15) is 0 Å². The Bertz CT molecular complexity index is 437. The molecule has 1 aliphatic rings. The average Bonchev–Trinajstić information content (AvgIpc) is 2.40. The number of aliphatic hydroxyl groups excluding tert-OH is 1. The maximum Gasteiger partial charge on any atom is 0.133 e. The molecule has 1 heterocycles. The molecule has 6 heteroatoms. The van der Waals surface area contributed by atoms with Crippen molar-refractivity contribution < 1.29 is 9.84 Å². The lowest BCUT2D eigenvalue weighted by Gasteiger charge is -2.33. The lowest BCUT2D eigenvalue weighted by atomic mass is 10.3. The van der Waals surface area contributed by atoms with E-state index in [1.165, 1.54) is 0 Å². The zero-order chi connectivity index (χ0) is 14.5. The van der Waals surface area contributed by atoms with Crippen molar-refractivity contribution in [2.45, 2.75) is 6.10 Å². The number of halogens is 2. The molecule has 0 amide bonds. The normalized spacial score (nSPS) is 19.0. The first-order chi connectivity index (χ1) is 9.54. The van der Waals surface area contributed by atoms with Gasteiger partial charge in [-0.3, -0.25) is 4.90 Å². The number of β-amino-alcohol motifs (C(OH)–C–C–N with tert-alkyl or cyclic N) is 1. The number of nitrogens with zero attached hydrogens (tertiary/aromatic N) is 2. The topological polar surface area (TPSA) is 35.9 Å². The Labute approximate surface area is 137 Å². The third-order valence-electron chi connectivity index (χ3n) is 3.39. The smallest absolute Gasteiger partial charge is 0.133 e. The van der Waals surface area contributed by atoms with Gasteiger partial charge in [-0.25, -0.2) is 0 Å². The molecule has 1 aliphatic heterocycles. The van der Waals surface area contributed by atoms with Gasteiger partial charge in [-0.15, -0.1) is 0 Å². The molecule has 1 fully saturated rings. The minimum Gasteiger partial charge on any atom is -0.490 e. The van der Waals surface area contributed by atoms with Gasteiger partial charge in [0.1, 0.15) is 18.5 Å². The van der Waals surface area contributed by atoms with Gasteiger partial charge in [0.2, 0.25) is 0 Å². The van der Waals surface area contributed by atoms with Gasteiger partial charge in [0.05, 0.1) is 4.47 Å². The fourth-order valence-electron chi connectivity index (χ4n) is 2.16. The van der Waals surface area contributed by atoms with Crippen molar-refractivity contribution in [3.05, 3.63) is 27.1 Å². The summed E-state index contributed by atoms with van der Waals surface area (Å²) in [5.74, 6) is 0.755. The molecule has 1 aromatic carbocycles. The van der Waals surface area contributed by atoms with E-state index in [1.807, 2.05) is 18.2 Å². The van der Waals surface area contributed by atoms with E-state index >= 15 is 0 Å². The first-order valence-electron chi connectivity index (χ1n) is 6.71. The van der Waals surface area contributed by atoms with Gasteiger partial charge in [-0.2, -0.15) is 0 Å². The SMILES string of the molecule is CN1CCN(C[C@@H](O)COc2ccc(Br)cc2Br)CC1. The molecule has 0 aliphatic carbocycles. The predicted molar refractivity (Wildman–Crippen MR) is 87.3 cm³/mol. The van der Waals surface area contributed by atoms with E-state index in [2.05, 4.69) is 48.7 Å². The van der Waals surface area contributed by atoms with Gasteiger partial charge < -0.3 is 14.7 Å². The molecule has 1 atom stereocenters. The summed E-state index contributed by atoms with van der Waals surface area (Å²) in [7, 11) is 2.13. The predicted octanol–water partition coefficient (Wildman–Crippen LogP) is 2.20. The summed E-state index contributed by atoms with van der Waals surface area (Å²) in [5.41, 5.74) is 0. The first kappa shape index (κ1) is 16.2. The van der Waals surface area contributed by atoms with Gasteiger partial charge in [0.15, 0.2) is 0 Å². The van der Waals surface area contributed by atoms with E-state index in [1.54, 1.807) is 0 Å². The molecule has 0 bridgehead atoms. The lowest BCUT2D eigenvalue weighted by Crippen LogP contribution is -2.47. The van der Waals surface area contributed by atoms with E-state index in [0.29, 0.717) is 13.2 Å². The van der Waals surface area contributed by atoms with E-state index in [-0.39, 0.29) is 0 Å². The molecular formula is C14H20Br2N2O2. The summed E-state index contributed by atoms with van der Waals surface area (Å²) < 4.78 is 7.54. The highest BCUT2D eigenvalue weighted by Crippen LogP contribution is 2.28. The number of aliphatic hydroxyl groups is 1. The van der Waals surface area contributed by atoms with Crippen LogP contribution in [0.15, 0.2) is 27.1 Å². The summed E-state index contributed by atoms with van der Waals surface area (Å²) in [6.45, 7) is 5.12. The molecule has 0 aromatic heterocycles. The summed E-state index contributed by atoms with van der Waals surface area (Å²) in [4.78, 5) is 4.59. The monoisotopic (exact) mass is 406 g/mol. The van der Waals surface area contributed by atoms with E-state index in [0.717, 1.165) is 40.9 Å². The second kappa shape index (κ2) is 7.75. The molecule has 20 heavy (non-hydrogen) atoms. The maximum atomic E-state index is 10.1.